The molecule has 170 valence electrons. The smallest absolute Gasteiger partial charge is 0.303 e. The quantitative estimate of drug-likeness (QED) is 0.388. The van der Waals surface area contributed by atoms with Gasteiger partial charge in [-0.05, 0) is 56.2 Å². The molecular weight excluding hydrogens is 429 g/mol. The topological polar surface area (TPSA) is 118 Å². The van der Waals surface area contributed by atoms with Crippen LogP contribution >= 0.6 is 0 Å². The Hall–Kier alpha value is -3.85. The second-order valence-electron chi connectivity index (χ2n) is 7.77. The number of hydrogen-bond acceptors (Lipinski definition) is 6. The second-order valence-corrected chi connectivity index (χ2v) is 7.77. The van der Waals surface area contributed by atoms with Gasteiger partial charge in [-0.1, -0.05) is 11.2 Å². The molecule has 9 heteroatoms. The van der Waals surface area contributed by atoms with Crippen molar-refractivity contribution in [1.29, 1.82) is 0 Å². The Morgan fingerprint density at radius 1 is 1.15 bits per heavy atom. The summed E-state index contributed by atoms with van der Waals surface area (Å²) >= 11 is 0. The maximum atomic E-state index is 13.4. The number of aromatic nitrogens is 3. The van der Waals surface area contributed by atoms with Crippen molar-refractivity contribution < 1.29 is 23.9 Å². The second kappa shape index (κ2) is 9.33. The van der Waals surface area contributed by atoms with Crippen LogP contribution in [0.5, 0.6) is 0 Å². The zero-order valence-corrected chi connectivity index (χ0v) is 17.9. The maximum absolute atomic E-state index is 13.4. The van der Waals surface area contributed by atoms with Gasteiger partial charge in [0.2, 0.25) is 0 Å². The van der Waals surface area contributed by atoms with E-state index in [0.717, 1.165) is 0 Å². The summed E-state index contributed by atoms with van der Waals surface area (Å²) in [4.78, 5) is 28.9. The van der Waals surface area contributed by atoms with E-state index in [4.69, 9.17) is 14.6 Å². The van der Waals surface area contributed by atoms with E-state index >= 15 is 0 Å². The molecule has 0 bridgehead atoms. The van der Waals surface area contributed by atoms with Gasteiger partial charge in [0.1, 0.15) is 23.4 Å². The SMILES string of the molecule is C[C@H](O)c1cc(-c2ccc3c(=O)n(-c4ccc(F)cc4)c(CCCCC(=O)O)nc3c2)no1. The largest absolute Gasteiger partial charge is 0.481 e. The number of carboxylic acid groups (broad SMARTS) is 1. The number of hydrogen-bond donors (Lipinski definition) is 2. The number of rotatable bonds is 8. The lowest BCUT2D eigenvalue weighted by Gasteiger charge is -2.14. The first kappa shape index (κ1) is 22.3. The third kappa shape index (κ3) is 4.83. The first-order valence-electron chi connectivity index (χ1n) is 10.5. The molecular formula is C24H22FN3O5. The van der Waals surface area contributed by atoms with Crippen molar-refractivity contribution in [3.05, 3.63) is 76.3 Å². The minimum absolute atomic E-state index is 0.0241. The Labute approximate surface area is 187 Å². The number of unbranched alkanes of at least 4 members (excludes halogenated alkanes) is 1. The third-order valence-electron chi connectivity index (χ3n) is 5.30. The lowest BCUT2D eigenvalue weighted by atomic mass is 10.1. The van der Waals surface area contributed by atoms with Crippen molar-refractivity contribution in [3.8, 4) is 16.9 Å². The van der Waals surface area contributed by atoms with Crippen LogP contribution in [0.1, 0.15) is 43.9 Å². The van der Waals surface area contributed by atoms with Crippen LogP contribution in [-0.2, 0) is 11.2 Å². The molecule has 2 aromatic heterocycles. The third-order valence-corrected chi connectivity index (χ3v) is 5.30. The lowest BCUT2D eigenvalue weighted by molar-refractivity contribution is -0.137. The summed E-state index contributed by atoms with van der Waals surface area (Å²) in [5.41, 5.74) is 1.79. The molecule has 0 saturated carbocycles. The number of aliphatic carboxylic acids is 1. The van der Waals surface area contributed by atoms with Gasteiger partial charge in [0.25, 0.3) is 5.56 Å². The van der Waals surface area contributed by atoms with Crippen LogP contribution in [0.3, 0.4) is 0 Å². The number of halogens is 1. The van der Waals surface area contributed by atoms with Crippen molar-refractivity contribution in [1.82, 2.24) is 14.7 Å². The average molecular weight is 451 g/mol. The Balaban J connectivity index is 1.80. The maximum Gasteiger partial charge on any atom is 0.303 e. The Kier molecular flexibility index (Phi) is 6.32. The Morgan fingerprint density at radius 2 is 1.91 bits per heavy atom. The van der Waals surface area contributed by atoms with Gasteiger partial charge in [0, 0.05) is 24.5 Å². The van der Waals surface area contributed by atoms with Crippen molar-refractivity contribution in [3.63, 3.8) is 0 Å². The fraction of sp³-hybridized carbons (Fsp3) is 0.250. The van der Waals surface area contributed by atoms with E-state index in [0.29, 0.717) is 58.7 Å². The van der Waals surface area contributed by atoms with Crippen molar-refractivity contribution in [2.24, 2.45) is 0 Å². The number of benzene rings is 2. The van der Waals surface area contributed by atoms with Crippen LogP contribution in [0, 0.1) is 5.82 Å². The molecule has 33 heavy (non-hydrogen) atoms. The zero-order chi connectivity index (χ0) is 23.5. The molecule has 4 rings (SSSR count). The average Bonchev–Trinajstić information content (AvgIpc) is 3.28. The van der Waals surface area contributed by atoms with Crippen LogP contribution in [0.4, 0.5) is 4.39 Å². The number of aliphatic hydroxyl groups is 1. The molecule has 2 N–H and O–H groups in total. The summed E-state index contributed by atoms with van der Waals surface area (Å²) in [6.45, 7) is 1.57. The predicted molar refractivity (Wildman–Crippen MR) is 119 cm³/mol. The molecule has 0 saturated heterocycles. The first-order valence-corrected chi connectivity index (χ1v) is 10.5. The molecule has 8 nitrogen and oxygen atoms in total. The molecule has 2 heterocycles. The highest BCUT2D eigenvalue weighted by Gasteiger charge is 2.16. The number of aryl methyl sites for hydroxylation is 1. The molecule has 0 aliphatic heterocycles. The molecule has 0 unspecified atom stereocenters. The molecule has 0 aliphatic carbocycles. The van der Waals surface area contributed by atoms with E-state index in [2.05, 4.69) is 5.16 Å². The van der Waals surface area contributed by atoms with Gasteiger partial charge in [-0.3, -0.25) is 14.2 Å². The predicted octanol–water partition coefficient (Wildman–Crippen LogP) is 4.03. The number of nitrogens with zero attached hydrogens (tertiary/aromatic N) is 3. The first-order chi connectivity index (χ1) is 15.8. The molecule has 0 radical (unpaired) electrons. The van der Waals surface area contributed by atoms with Crippen molar-refractivity contribution in [2.75, 3.05) is 0 Å². The van der Waals surface area contributed by atoms with E-state index in [1.54, 1.807) is 31.2 Å². The van der Waals surface area contributed by atoms with Crippen LogP contribution in [0.2, 0.25) is 0 Å². The van der Waals surface area contributed by atoms with Crippen LogP contribution in [0.25, 0.3) is 27.8 Å². The van der Waals surface area contributed by atoms with Crippen molar-refractivity contribution >= 4 is 16.9 Å². The summed E-state index contributed by atoms with van der Waals surface area (Å²) in [5, 5.41) is 22.9. The van der Waals surface area contributed by atoms with Gasteiger partial charge < -0.3 is 14.7 Å². The van der Waals surface area contributed by atoms with Crippen LogP contribution < -0.4 is 5.56 Å². The minimum Gasteiger partial charge on any atom is -0.481 e. The Morgan fingerprint density at radius 3 is 2.58 bits per heavy atom. The molecule has 2 aromatic carbocycles. The highest BCUT2D eigenvalue weighted by Crippen LogP contribution is 2.25. The summed E-state index contributed by atoms with van der Waals surface area (Å²) in [6.07, 6.45) is 0.553. The molecule has 4 aromatic rings. The summed E-state index contributed by atoms with van der Waals surface area (Å²) in [5.74, 6) is -0.529. The van der Waals surface area contributed by atoms with E-state index in [-0.39, 0.29) is 12.0 Å². The van der Waals surface area contributed by atoms with Gasteiger partial charge >= 0.3 is 5.97 Å². The van der Waals surface area contributed by atoms with Gasteiger partial charge in [-0.15, -0.1) is 0 Å². The zero-order valence-electron chi connectivity index (χ0n) is 17.9. The fourth-order valence-electron chi connectivity index (χ4n) is 3.60. The van der Waals surface area contributed by atoms with Gasteiger partial charge in [0.05, 0.1) is 16.6 Å². The standard InChI is InChI=1S/C24H22FN3O5/c1-14(29)21-13-19(27-33-21)15-6-11-18-20(12-15)26-22(4-2-3-5-23(30)31)28(24(18)32)17-9-7-16(25)8-10-17/h6-14,29H,2-5H2,1H3,(H,30,31)/t14-/m0/s1. The highest BCUT2D eigenvalue weighted by atomic mass is 19.1. The molecule has 1 atom stereocenters. The molecule has 0 aliphatic rings. The fourth-order valence-corrected chi connectivity index (χ4v) is 3.60. The Bertz CT molecular complexity index is 1360. The van der Waals surface area contributed by atoms with Gasteiger partial charge in [0.15, 0.2) is 5.76 Å². The molecule has 0 amide bonds. The van der Waals surface area contributed by atoms with E-state index < -0.39 is 17.9 Å². The van der Waals surface area contributed by atoms with Gasteiger partial charge in [-0.2, -0.15) is 0 Å². The number of fused-ring (bicyclic) bond motifs is 1. The van der Waals surface area contributed by atoms with E-state index in [1.165, 1.54) is 28.8 Å². The highest BCUT2D eigenvalue weighted by molar-refractivity contribution is 5.83. The van der Waals surface area contributed by atoms with Crippen molar-refractivity contribution in [2.45, 2.75) is 38.7 Å². The van der Waals surface area contributed by atoms with Crippen LogP contribution in [-0.4, -0.2) is 30.9 Å². The van der Waals surface area contributed by atoms with E-state index in [9.17, 15) is 19.1 Å². The normalized spacial score (nSPS) is 12.2. The summed E-state index contributed by atoms with van der Waals surface area (Å²) < 4.78 is 20.0. The number of aliphatic hydroxyl groups excluding tert-OH is 1. The molecule has 0 fully saturated rings. The minimum atomic E-state index is -0.883. The molecule has 0 spiro atoms. The monoisotopic (exact) mass is 451 g/mol. The summed E-state index contributed by atoms with van der Waals surface area (Å²) in [6, 6.07) is 12.3. The van der Waals surface area contributed by atoms with Gasteiger partial charge in [-0.25, -0.2) is 9.37 Å². The summed E-state index contributed by atoms with van der Waals surface area (Å²) in [7, 11) is 0. The van der Waals surface area contributed by atoms with E-state index in [1.807, 2.05) is 0 Å². The number of carboxylic acids is 1. The lowest BCUT2D eigenvalue weighted by Crippen LogP contribution is -2.24. The number of carbonyl (C=O) groups is 1. The van der Waals surface area contributed by atoms with Crippen LogP contribution in [0.15, 0.2) is 57.8 Å².